The lowest BCUT2D eigenvalue weighted by Crippen LogP contribution is -2.18. The molecule has 2 aromatic heterocycles. The smallest absolute Gasteiger partial charge is 0.399 e. The van der Waals surface area contributed by atoms with E-state index in [-0.39, 0.29) is 5.69 Å². The summed E-state index contributed by atoms with van der Waals surface area (Å²) in [6.45, 7) is 0. The van der Waals surface area contributed by atoms with Gasteiger partial charge < -0.3 is 5.73 Å². The van der Waals surface area contributed by atoms with Crippen molar-refractivity contribution in [3.8, 4) is 16.8 Å². The predicted octanol–water partition coefficient (Wildman–Crippen LogP) is 5.81. The highest BCUT2D eigenvalue weighted by molar-refractivity contribution is 6.05. The number of aromatic nitrogens is 2. The van der Waals surface area contributed by atoms with E-state index >= 15 is 0 Å². The predicted molar refractivity (Wildman–Crippen MR) is 120 cm³/mol. The van der Waals surface area contributed by atoms with E-state index in [1.165, 1.54) is 22.8 Å². The van der Waals surface area contributed by atoms with E-state index in [4.69, 9.17) is 5.73 Å². The molecule has 0 fully saturated rings. The van der Waals surface area contributed by atoms with Crippen LogP contribution in [0.4, 0.5) is 18.9 Å². The average Bonchev–Trinajstić information content (AvgIpc) is 2.78. The number of rotatable bonds is 2. The molecule has 7 heteroatoms. The number of benzene rings is 3. The van der Waals surface area contributed by atoms with Crippen molar-refractivity contribution < 1.29 is 13.2 Å². The van der Waals surface area contributed by atoms with E-state index in [0.717, 1.165) is 23.3 Å². The zero-order valence-corrected chi connectivity index (χ0v) is 16.6. The van der Waals surface area contributed by atoms with Gasteiger partial charge in [0.2, 0.25) is 0 Å². The summed E-state index contributed by atoms with van der Waals surface area (Å²) in [5.74, 6) is 0. The SMILES string of the molecule is Nc1cccc(-c2ccc3ncc4ccc(=O)n(-c5cccc(C(F)(F)F)c5)c4c3c2)c1. The summed E-state index contributed by atoms with van der Waals surface area (Å²) in [4.78, 5) is 17.3. The zero-order chi connectivity index (χ0) is 22.5. The Labute approximate surface area is 180 Å². The molecule has 0 saturated carbocycles. The van der Waals surface area contributed by atoms with E-state index < -0.39 is 17.3 Å². The molecular weight excluding hydrogens is 415 g/mol. The number of hydrogen-bond donors (Lipinski definition) is 1. The molecule has 0 bridgehead atoms. The summed E-state index contributed by atoms with van der Waals surface area (Å²) < 4.78 is 41.3. The van der Waals surface area contributed by atoms with Crippen molar-refractivity contribution >= 4 is 27.5 Å². The number of fused-ring (bicyclic) bond motifs is 3. The fourth-order valence-electron chi connectivity index (χ4n) is 3.89. The molecule has 0 aliphatic rings. The first-order chi connectivity index (χ1) is 15.3. The summed E-state index contributed by atoms with van der Waals surface area (Å²) in [5, 5.41) is 1.29. The Balaban J connectivity index is 1.85. The molecule has 0 aliphatic heterocycles. The Bertz CT molecular complexity index is 1550. The number of nitrogens with two attached hydrogens (primary N) is 1. The van der Waals surface area contributed by atoms with Crippen molar-refractivity contribution in [2.24, 2.45) is 0 Å². The van der Waals surface area contributed by atoms with Gasteiger partial charge in [0, 0.05) is 34.4 Å². The molecule has 32 heavy (non-hydrogen) atoms. The van der Waals surface area contributed by atoms with Gasteiger partial charge in [0.25, 0.3) is 5.56 Å². The van der Waals surface area contributed by atoms with Crippen LogP contribution in [0.1, 0.15) is 5.56 Å². The molecule has 0 radical (unpaired) electrons. The van der Waals surface area contributed by atoms with Gasteiger partial charge in [0.15, 0.2) is 0 Å². The molecule has 2 N–H and O–H groups in total. The quantitative estimate of drug-likeness (QED) is 0.284. The summed E-state index contributed by atoms with van der Waals surface area (Å²) >= 11 is 0. The average molecular weight is 431 g/mol. The molecule has 158 valence electrons. The fraction of sp³-hybridized carbons (Fsp3) is 0.0400. The molecular formula is C25H16F3N3O. The van der Waals surface area contributed by atoms with Gasteiger partial charge in [-0.25, -0.2) is 0 Å². The molecule has 2 heterocycles. The number of pyridine rings is 2. The van der Waals surface area contributed by atoms with E-state index in [1.54, 1.807) is 18.3 Å². The van der Waals surface area contributed by atoms with Crippen molar-refractivity contribution in [2.75, 3.05) is 5.73 Å². The van der Waals surface area contributed by atoms with Crippen molar-refractivity contribution in [3.05, 3.63) is 101 Å². The van der Waals surface area contributed by atoms with E-state index in [1.807, 2.05) is 36.4 Å². The first kappa shape index (κ1) is 19.8. The fourth-order valence-corrected chi connectivity index (χ4v) is 3.89. The van der Waals surface area contributed by atoms with E-state index in [2.05, 4.69) is 4.98 Å². The van der Waals surface area contributed by atoms with Crippen LogP contribution in [0.25, 0.3) is 38.6 Å². The minimum absolute atomic E-state index is 0.136. The number of hydrogen-bond acceptors (Lipinski definition) is 3. The molecule has 3 aromatic carbocycles. The number of halogens is 3. The second-order valence-corrected chi connectivity index (χ2v) is 7.47. The third-order valence-electron chi connectivity index (χ3n) is 5.37. The van der Waals surface area contributed by atoms with Crippen LogP contribution in [0.5, 0.6) is 0 Å². The summed E-state index contributed by atoms with van der Waals surface area (Å²) in [6, 6.07) is 20.7. The van der Waals surface area contributed by atoms with Gasteiger partial charge in [-0.15, -0.1) is 0 Å². The Morgan fingerprint density at radius 3 is 2.41 bits per heavy atom. The largest absolute Gasteiger partial charge is 0.416 e. The molecule has 5 rings (SSSR count). The van der Waals surface area contributed by atoms with Crippen LogP contribution < -0.4 is 11.3 Å². The van der Waals surface area contributed by atoms with Crippen molar-refractivity contribution in [1.29, 1.82) is 0 Å². The summed E-state index contributed by atoms with van der Waals surface area (Å²) in [5.41, 5.74) is 8.26. The van der Waals surface area contributed by atoms with Gasteiger partial charge in [-0.3, -0.25) is 14.3 Å². The maximum absolute atomic E-state index is 13.3. The lowest BCUT2D eigenvalue weighted by molar-refractivity contribution is -0.137. The molecule has 0 amide bonds. The van der Waals surface area contributed by atoms with Gasteiger partial charge >= 0.3 is 6.18 Å². The van der Waals surface area contributed by atoms with Crippen LogP contribution in [0, 0.1) is 0 Å². The Kier molecular flexibility index (Phi) is 4.48. The molecule has 0 aliphatic carbocycles. The van der Waals surface area contributed by atoms with Crippen LogP contribution >= 0.6 is 0 Å². The molecule has 5 aromatic rings. The van der Waals surface area contributed by atoms with Gasteiger partial charge in [-0.2, -0.15) is 13.2 Å². The summed E-state index contributed by atoms with van der Waals surface area (Å²) in [6.07, 6.45) is -2.91. The molecule has 0 spiro atoms. The van der Waals surface area contributed by atoms with Gasteiger partial charge in [-0.1, -0.05) is 24.3 Å². The first-order valence-electron chi connectivity index (χ1n) is 9.79. The maximum atomic E-state index is 13.3. The second kappa shape index (κ2) is 7.23. The Morgan fingerprint density at radius 2 is 1.62 bits per heavy atom. The topological polar surface area (TPSA) is 60.9 Å². The minimum Gasteiger partial charge on any atom is -0.399 e. The van der Waals surface area contributed by atoms with Gasteiger partial charge in [-0.05, 0) is 59.7 Å². The number of alkyl halides is 3. The standard InChI is InChI=1S/C25H16F3N3O/c26-25(27,28)18-4-2-6-20(13-18)31-23(32)10-8-17-14-30-22-9-7-16(12-21(22)24(17)31)15-3-1-5-19(29)11-15/h1-14H,29H2. The number of anilines is 1. The molecule has 0 saturated heterocycles. The molecule has 0 atom stereocenters. The number of nitrogen functional groups attached to an aromatic ring is 1. The van der Waals surface area contributed by atoms with Crippen LogP contribution in [0.2, 0.25) is 0 Å². The Hall–Kier alpha value is -4.13. The van der Waals surface area contributed by atoms with Crippen molar-refractivity contribution in [3.63, 3.8) is 0 Å². The lowest BCUT2D eigenvalue weighted by atomic mass is 10.0. The normalized spacial score (nSPS) is 11.8. The van der Waals surface area contributed by atoms with Crippen LogP contribution in [-0.2, 0) is 6.18 Å². The monoisotopic (exact) mass is 431 g/mol. The Morgan fingerprint density at radius 1 is 0.844 bits per heavy atom. The second-order valence-electron chi connectivity index (χ2n) is 7.47. The third kappa shape index (κ3) is 3.37. The van der Waals surface area contributed by atoms with Crippen LogP contribution in [0.15, 0.2) is 89.9 Å². The first-order valence-corrected chi connectivity index (χ1v) is 9.79. The minimum atomic E-state index is -4.52. The number of nitrogens with zero attached hydrogens (tertiary/aromatic N) is 2. The van der Waals surface area contributed by atoms with Crippen molar-refractivity contribution in [1.82, 2.24) is 9.55 Å². The molecule has 0 unspecified atom stereocenters. The van der Waals surface area contributed by atoms with Crippen LogP contribution in [0.3, 0.4) is 0 Å². The summed E-state index contributed by atoms with van der Waals surface area (Å²) in [7, 11) is 0. The van der Waals surface area contributed by atoms with Gasteiger partial charge in [0.05, 0.1) is 16.6 Å². The highest BCUT2D eigenvalue weighted by Crippen LogP contribution is 2.33. The third-order valence-corrected chi connectivity index (χ3v) is 5.37. The van der Waals surface area contributed by atoms with Crippen LogP contribution in [-0.4, -0.2) is 9.55 Å². The van der Waals surface area contributed by atoms with E-state index in [9.17, 15) is 18.0 Å². The highest BCUT2D eigenvalue weighted by Gasteiger charge is 2.30. The highest BCUT2D eigenvalue weighted by atomic mass is 19.4. The maximum Gasteiger partial charge on any atom is 0.416 e. The zero-order valence-electron chi connectivity index (χ0n) is 16.6. The lowest BCUT2D eigenvalue weighted by Gasteiger charge is -2.15. The molecule has 4 nitrogen and oxygen atoms in total. The van der Waals surface area contributed by atoms with E-state index in [0.29, 0.717) is 27.5 Å². The van der Waals surface area contributed by atoms with Crippen molar-refractivity contribution in [2.45, 2.75) is 6.18 Å². The van der Waals surface area contributed by atoms with Gasteiger partial charge in [0.1, 0.15) is 0 Å².